The zero-order valence-electron chi connectivity index (χ0n) is 14.7. The Morgan fingerprint density at radius 1 is 1.08 bits per heavy atom. The molecule has 0 fully saturated rings. The van der Waals surface area contributed by atoms with Crippen LogP contribution in [0.15, 0.2) is 47.3 Å². The highest BCUT2D eigenvalue weighted by Gasteiger charge is 2.18. The van der Waals surface area contributed by atoms with Crippen LogP contribution >= 0.6 is 0 Å². The molecule has 0 amide bonds. The second-order valence-corrected chi connectivity index (χ2v) is 6.11. The van der Waals surface area contributed by atoms with Crippen molar-refractivity contribution in [1.82, 2.24) is 14.3 Å². The van der Waals surface area contributed by atoms with Gasteiger partial charge in [-0.15, -0.1) is 0 Å². The van der Waals surface area contributed by atoms with Gasteiger partial charge in [-0.25, -0.2) is 9.48 Å². The van der Waals surface area contributed by atoms with E-state index in [4.69, 9.17) is 9.47 Å². The van der Waals surface area contributed by atoms with E-state index in [-0.39, 0.29) is 5.69 Å². The van der Waals surface area contributed by atoms with Crippen molar-refractivity contribution in [3.8, 4) is 11.5 Å². The molecule has 1 aliphatic rings. The van der Waals surface area contributed by atoms with Crippen molar-refractivity contribution in [1.29, 1.82) is 0 Å². The highest BCUT2D eigenvalue weighted by Crippen LogP contribution is 2.33. The van der Waals surface area contributed by atoms with Gasteiger partial charge >= 0.3 is 5.69 Å². The summed E-state index contributed by atoms with van der Waals surface area (Å²) in [5.41, 5.74) is 2.92. The zero-order valence-corrected chi connectivity index (χ0v) is 14.7. The van der Waals surface area contributed by atoms with Gasteiger partial charge in [0.1, 0.15) is 5.82 Å². The molecule has 132 valence electrons. The van der Waals surface area contributed by atoms with E-state index in [1.54, 1.807) is 25.0 Å². The molecule has 0 unspecified atom stereocenters. The Bertz CT molecular complexity index is 1030. The number of methoxy groups -OCH3 is 2. The lowest BCUT2D eigenvalue weighted by Crippen LogP contribution is -2.23. The summed E-state index contributed by atoms with van der Waals surface area (Å²) in [5, 5.41) is 4.55. The summed E-state index contributed by atoms with van der Waals surface area (Å²) in [5.74, 6) is 2.03. The van der Waals surface area contributed by atoms with Gasteiger partial charge in [0, 0.05) is 12.6 Å². The first-order valence-corrected chi connectivity index (χ1v) is 8.35. The smallest absolute Gasteiger partial charge is 0.350 e. The first-order chi connectivity index (χ1) is 12.7. The molecule has 1 aliphatic heterocycles. The molecule has 0 saturated heterocycles. The molecule has 6 nitrogen and oxygen atoms in total. The number of nitrogens with zero attached hydrogens (tertiary/aromatic N) is 3. The lowest BCUT2D eigenvalue weighted by molar-refractivity contribution is 0.354. The van der Waals surface area contributed by atoms with Gasteiger partial charge in [-0.2, -0.15) is 5.10 Å². The molecule has 4 rings (SSSR count). The van der Waals surface area contributed by atoms with Crippen LogP contribution in [0, 0.1) is 0 Å². The summed E-state index contributed by atoms with van der Waals surface area (Å²) in [6.45, 7) is 0.451. The minimum atomic E-state index is -0.146. The van der Waals surface area contributed by atoms with E-state index in [1.807, 2.05) is 48.5 Å². The average Bonchev–Trinajstić information content (AvgIpc) is 2.85. The van der Waals surface area contributed by atoms with Crippen LogP contribution < -0.4 is 15.2 Å². The number of ether oxygens (including phenoxy) is 2. The van der Waals surface area contributed by atoms with Crippen LogP contribution in [0.4, 0.5) is 0 Å². The lowest BCUT2D eigenvalue weighted by atomic mass is 10.0. The topological polar surface area (TPSA) is 58.3 Å². The van der Waals surface area contributed by atoms with Crippen LogP contribution in [0.3, 0.4) is 0 Å². The fraction of sp³-hybridized carbons (Fsp3) is 0.200. The van der Waals surface area contributed by atoms with E-state index in [0.717, 1.165) is 16.7 Å². The third kappa shape index (κ3) is 2.79. The van der Waals surface area contributed by atoms with E-state index in [0.29, 0.717) is 30.3 Å². The van der Waals surface area contributed by atoms with E-state index >= 15 is 0 Å². The SMILES string of the molecule is COc1cc2c(cc1OC)Cc1nn(Cc3ccccc3)c(=O)n1C=C2. The number of hydrogen-bond donors (Lipinski definition) is 0. The zero-order chi connectivity index (χ0) is 18.1. The summed E-state index contributed by atoms with van der Waals surface area (Å²) in [6, 6.07) is 13.7. The largest absolute Gasteiger partial charge is 0.493 e. The summed E-state index contributed by atoms with van der Waals surface area (Å²) in [4.78, 5) is 12.7. The number of fused-ring (bicyclic) bond motifs is 2. The standard InChI is InChI=1S/C20H19N3O3/c1-25-17-10-15-8-9-22-19(12-16(15)11-18(17)26-2)21-23(20(22)24)13-14-6-4-3-5-7-14/h3-11H,12-13H2,1-2H3. The van der Waals surface area contributed by atoms with Gasteiger partial charge < -0.3 is 9.47 Å². The van der Waals surface area contributed by atoms with Crippen molar-refractivity contribution < 1.29 is 9.47 Å². The van der Waals surface area contributed by atoms with Gasteiger partial charge in [0.2, 0.25) is 0 Å². The Morgan fingerprint density at radius 2 is 1.81 bits per heavy atom. The number of aromatic nitrogens is 3. The van der Waals surface area contributed by atoms with Crippen LogP contribution in [-0.2, 0) is 13.0 Å². The van der Waals surface area contributed by atoms with Gasteiger partial charge in [-0.05, 0) is 34.9 Å². The summed E-state index contributed by atoms with van der Waals surface area (Å²) >= 11 is 0. The second kappa shape index (κ2) is 6.55. The Kier molecular flexibility index (Phi) is 4.08. The molecule has 1 aromatic heterocycles. The molecule has 0 N–H and O–H groups in total. The molecule has 0 aliphatic carbocycles. The van der Waals surface area contributed by atoms with E-state index in [9.17, 15) is 4.79 Å². The van der Waals surface area contributed by atoms with Crippen LogP contribution in [0.5, 0.6) is 11.5 Å². The summed E-state index contributed by atoms with van der Waals surface area (Å²) in [7, 11) is 3.22. The third-order valence-corrected chi connectivity index (χ3v) is 4.51. The van der Waals surface area contributed by atoms with Crippen molar-refractivity contribution >= 4 is 12.3 Å². The molecule has 2 aromatic carbocycles. The monoisotopic (exact) mass is 349 g/mol. The molecule has 26 heavy (non-hydrogen) atoms. The number of benzene rings is 2. The van der Waals surface area contributed by atoms with E-state index in [1.165, 1.54) is 4.68 Å². The lowest BCUT2D eigenvalue weighted by Gasteiger charge is -2.11. The predicted octanol–water partition coefficient (Wildman–Crippen LogP) is 2.64. The average molecular weight is 349 g/mol. The molecule has 0 saturated carbocycles. The van der Waals surface area contributed by atoms with Gasteiger partial charge in [0.05, 0.1) is 20.8 Å². The molecule has 0 atom stereocenters. The molecule has 3 aromatic rings. The maximum Gasteiger partial charge on any atom is 0.350 e. The van der Waals surface area contributed by atoms with Crippen LogP contribution in [0.2, 0.25) is 0 Å². The fourth-order valence-corrected chi connectivity index (χ4v) is 3.16. The maximum absolute atomic E-state index is 12.7. The Hall–Kier alpha value is -3.28. The Morgan fingerprint density at radius 3 is 2.54 bits per heavy atom. The van der Waals surface area contributed by atoms with Crippen molar-refractivity contribution in [2.75, 3.05) is 14.2 Å². The number of hydrogen-bond acceptors (Lipinski definition) is 4. The summed E-state index contributed by atoms with van der Waals surface area (Å²) < 4.78 is 13.9. The minimum Gasteiger partial charge on any atom is -0.493 e. The predicted molar refractivity (Wildman–Crippen MR) is 99.6 cm³/mol. The second-order valence-electron chi connectivity index (χ2n) is 6.11. The van der Waals surface area contributed by atoms with Gasteiger partial charge in [0.25, 0.3) is 0 Å². The highest BCUT2D eigenvalue weighted by atomic mass is 16.5. The van der Waals surface area contributed by atoms with Crippen LogP contribution in [0.1, 0.15) is 22.5 Å². The van der Waals surface area contributed by atoms with Crippen molar-refractivity contribution in [2.24, 2.45) is 0 Å². The fourth-order valence-electron chi connectivity index (χ4n) is 3.16. The van der Waals surface area contributed by atoms with Gasteiger partial charge in [-0.3, -0.25) is 4.57 Å². The van der Waals surface area contributed by atoms with Crippen molar-refractivity contribution in [3.05, 3.63) is 75.5 Å². The molecular formula is C20H19N3O3. The first kappa shape index (κ1) is 16.2. The molecule has 6 heteroatoms. The van der Waals surface area contributed by atoms with Crippen LogP contribution in [0.25, 0.3) is 12.3 Å². The third-order valence-electron chi connectivity index (χ3n) is 4.51. The molecule has 0 bridgehead atoms. The normalized spacial score (nSPS) is 12.2. The maximum atomic E-state index is 12.7. The van der Waals surface area contributed by atoms with E-state index < -0.39 is 0 Å². The van der Waals surface area contributed by atoms with Crippen LogP contribution in [-0.4, -0.2) is 28.6 Å². The van der Waals surface area contributed by atoms with E-state index in [2.05, 4.69) is 5.10 Å². The van der Waals surface area contributed by atoms with Gasteiger partial charge in [-0.1, -0.05) is 30.3 Å². The first-order valence-electron chi connectivity index (χ1n) is 8.35. The summed E-state index contributed by atoms with van der Waals surface area (Å²) in [6.07, 6.45) is 4.22. The van der Waals surface area contributed by atoms with Gasteiger partial charge in [0.15, 0.2) is 11.5 Å². The highest BCUT2D eigenvalue weighted by molar-refractivity contribution is 5.68. The molecule has 2 heterocycles. The Balaban J connectivity index is 1.73. The quantitative estimate of drug-likeness (QED) is 0.568. The number of rotatable bonds is 4. The van der Waals surface area contributed by atoms with Crippen molar-refractivity contribution in [2.45, 2.75) is 13.0 Å². The minimum absolute atomic E-state index is 0.146. The Labute approximate surface area is 150 Å². The molecular weight excluding hydrogens is 330 g/mol. The van der Waals surface area contributed by atoms with Crippen molar-refractivity contribution in [3.63, 3.8) is 0 Å². The molecule has 0 spiro atoms. The molecule has 0 radical (unpaired) electrons.